The van der Waals surface area contributed by atoms with Crippen LogP contribution in [-0.2, 0) is 10.0 Å². The molecule has 0 aromatic heterocycles. The van der Waals surface area contributed by atoms with Gasteiger partial charge in [-0.05, 0) is 27.3 Å². The van der Waals surface area contributed by atoms with Crippen molar-refractivity contribution in [3.63, 3.8) is 0 Å². The normalized spacial score (nSPS) is 30.3. The van der Waals surface area contributed by atoms with Gasteiger partial charge in [0.1, 0.15) is 4.75 Å². The summed E-state index contributed by atoms with van der Waals surface area (Å²) in [6.45, 7) is 8.27. The van der Waals surface area contributed by atoms with Crippen LogP contribution in [-0.4, -0.2) is 68.7 Å². The molecule has 0 saturated carbocycles. The van der Waals surface area contributed by atoms with Crippen LogP contribution in [0.25, 0.3) is 0 Å². The Bertz CT molecular complexity index is 527. The lowest BCUT2D eigenvalue weighted by molar-refractivity contribution is 0.309. The molecule has 1 saturated heterocycles. The van der Waals surface area contributed by atoms with Crippen molar-refractivity contribution in [2.45, 2.75) is 25.0 Å². The highest BCUT2D eigenvalue weighted by atomic mass is 32.2. The predicted octanol–water partition coefficient (Wildman–Crippen LogP) is 0.818. The van der Waals surface area contributed by atoms with Crippen molar-refractivity contribution in [1.82, 2.24) is 14.5 Å². The number of likely N-dealkylation sites (N-methyl/N-ethyl adjacent to an activating group) is 1. The molecule has 5 nitrogen and oxygen atoms in total. The molecule has 1 aliphatic heterocycles. The average Bonchev–Trinajstić information content (AvgIpc) is 2.54. The monoisotopic (exact) mass is 313 g/mol. The Morgan fingerprint density at radius 3 is 2.57 bits per heavy atom. The van der Waals surface area contributed by atoms with Gasteiger partial charge in [-0.3, -0.25) is 0 Å². The van der Waals surface area contributed by atoms with Crippen LogP contribution < -0.4 is 5.32 Å². The first-order valence-electron chi connectivity index (χ1n) is 7.60. The fourth-order valence-corrected chi connectivity index (χ4v) is 4.42. The van der Waals surface area contributed by atoms with Gasteiger partial charge in [0.25, 0.3) is 0 Å². The van der Waals surface area contributed by atoms with E-state index < -0.39 is 14.8 Å². The zero-order chi connectivity index (χ0) is 15.5. The molecule has 0 aromatic rings. The molecule has 120 valence electrons. The summed E-state index contributed by atoms with van der Waals surface area (Å²) in [4.78, 5) is 2.17. The molecule has 1 unspecified atom stereocenters. The fourth-order valence-electron chi connectivity index (χ4n) is 2.64. The number of nitrogens with one attached hydrogen (secondary N) is 1. The summed E-state index contributed by atoms with van der Waals surface area (Å²) in [6, 6.07) is 0. The minimum Gasteiger partial charge on any atom is -0.314 e. The molecule has 0 radical (unpaired) electrons. The quantitative estimate of drug-likeness (QED) is 0.820. The Hall–Kier alpha value is -0.690. The standard InChI is InChI=1S/C15H27N3O2S/c1-14-4-6-15(2,7-5-14)21(19,20)18-11-9-16-8-10-17(3)12-13-18/h4-6,16H,7-13H2,1-3H3. The van der Waals surface area contributed by atoms with Gasteiger partial charge in [0.2, 0.25) is 10.0 Å². The van der Waals surface area contributed by atoms with Gasteiger partial charge in [-0.2, -0.15) is 4.31 Å². The van der Waals surface area contributed by atoms with Crippen LogP contribution in [0.5, 0.6) is 0 Å². The van der Waals surface area contributed by atoms with Crippen LogP contribution in [0.4, 0.5) is 0 Å². The topological polar surface area (TPSA) is 52.7 Å². The van der Waals surface area contributed by atoms with E-state index in [-0.39, 0.29) is 0 Å². The maximum atomic E-state index is 13.1. The van der Waals surface area contributed by atoms with Gasteiger partial charge < -0.3 is 10.2 Å². The molecular weight excluding hydrogens is 286 g/mol. The molecule has 21 heavy (non-hydrogen) atoms. The lowest BCUT2D eigenvalue weighted by atomic mass is 9.98. The van der Waals surface area contributed by atoms with Gasteiger partial charge in [0, 0.05) is 39.3 Å². The zero-order valence-corrected chi connectivity index (χ0v) is 14.1. The summed E-state index contributed by atoms with van der Waals surface area (Å²) < 4.78 is 26.9. The molecule has 1 atom stereocenters. The van der Waals surface area contributed by atoms with Crippen molar-refractivity contribution in [3.05, 3.63) is 23.8 Å². The SMILES string of the molecule is CC1=CCC(C)(S(=O)(=O)N2CCNCCN(C)CC2)C=C1. The first-order chi connectivity index (χ1) is 9.85. The maximum Gasteiger partial charge on any atom is 0.223 e. The third kappa shape index (κ3) is 3.74. The van der Waals surface area contributed by atoms with E-state index in [1.54, 1.807) is 4.31 Å². The van der Waals surface area contributed by atoms with E-state index in [1.807, 2.05) is 39.1 Å². The number of hydrogen-bond donors (Lipinski definition) is 1. The minimum atomic E-state index is -3.35. The molecule has 2 rings (SSSR count). The second-order valence-corrected chi connectivity index (χ2v) is 8.65. The number of hydrogen-bond acceptors (Lipinski definition) is 4. The summed E-state index contributed by atoms with van der Waals surface area (Å²) in [7, 11) is -1.32. The molecule has 1 fully saturated rings. The largest absolute Gasteiger partial charge is 0.314 e. The summed E-state index contributed by atoms with van der Waals surface area (Å²) in [6.07, 6.45) is 6.33. The first-order valence-corrected chi connectivity index (χ1v) is 9.04. The van der Waals surface area contributed by atoms with Gasteiger partial charge in [-0.15, -0.1) is 0 Å². The molecule has 0 aromatic carbocycles. The van der Waals surface area contributed by atoms with Crippen molar-refractivity contribution in [2.75, 3.05) is 46.3 Å². The third-order valence-electron chi connectivity index (χ3n) is 4.40. The first kappa shape index (κ1) is 16.7. The second-order valence-electron chi connectivity index (χ2n) is 6.26. The molecule has 1 heterocycles. The van der Waals surface area contributed by atoms with E-state index in [9.17, 15) is 8.42 Å². The van der Waals surface area contributed by atoms with E-state index in [2.05, 4.69) is 10.2 Å². The number of rotatable bonds is 2. The van der Waals surface area contributed by atoms with Crippen LogP contribution in [0.15, 0.2) is 23.8 Å². The molecular formula is C15H27N3O2S. The highest BCUT2D eigenvalue weighted by Gasteiger charge is 2.41. The van der Waals surface area contributed by atoms with Crippen molar-refractivity contribution in [2.24, 2.45) is 0 Å². The van der Waals surface area contributed by atoms with Gasteiger partial charge >= 0.3 is 0 Å². The number of sulfonamides is 1. The summed E-state index contributed by atoms with van der Waals surface area (Å²) >= 11 is 0. The predicted molar refractivity (Wildman–Crippen MR) is 86.8 cm³/mol. The molecule has 0 bridgehead atoms. The van der Waals surface area contributed by atoms with E-state index >= 15 is 0 Å². The van der Waals surface area contributed by atoms with Gasteiger partial charge in [0.15, 0.2) is 0 Å². The number of allylic oxidation sites excluding steroid dienone is 3. The molecule has 2 aliphatic rings. The van der Waals surface area contributed by atoms with Gasteiger partial charge in [0.05, 0.1) is 0 Å². The van der Waals surface area contributed by atoms with Gasteiger partial charge in [-0.1, -0.05) is 23.8 Å². The molecule has 1 N–H and O–H groups in total. The fraction of sp³-hybridized carbons (Fsp3) is 0.733. The Labute approximate surface area is 128 Å². The maximum absolute atomic E-state index is 13.1. The Kier molecular flexibility index (Phi) is 5.24. The van der Waals surface area contributed by atoms with E-state index in [0.717, 1.165) is 25.2 Å². The molecule has 1 aliphatic carbocycles. The lowest BCUT2D eigenvalue weighted by Crippen LogP contribution is -2.49. The van der Waals surface area contributed by atoms with Crippen LogP contribution in [0.2, 0.25) is 0 Å². The van der Waals surface area contributed by atoms with E-state index in [1.165, 1.54) is 0 Å². The summed E-state index contributed by atoms with van der Waals surface area (Å²) in [5.41, 5.74) is 1.13. The summed E-state index contributed by atoms with van der Waals surface area (Å²) in [5.74, 6) is 0. The Balaban J connectivity index is 2.18. The van der Waals surface area contributed by atoms with Gasteiger partial charge in [-0.25, -0.2) is 8.42 Å². The molecule has 0 spiro atoms. The van der Waals surface area contributed by atoms with Crippen LogP contribution in [0.3, 0.4) is 0 Å². The van der Waals surface area contributed by atoms with Crippen LogP contribution in [0.1, 0.15) is 20.3 Å². The van der Waals surface area contributed by atoms with Crippen molar-refractivity contribution in [1.29, 1.82) is 0 Å². The lowest BCUT2D eigenvalue weighted by Gasteiger charge is -2.34. The third-order valence-corrected chi connectivity index (χ3v) is 6.92. The average molecular weight is 313 g/mol. The molecule has 6 heteroatoms. The van der Waals surface area contributed by atoms with Crippen molar-refractivity contribution in [3.8, 4) is 0 Å². The highest BCUT2D eigenvalue weighted by Crippen LogP contribution is 2.31. The highest BCUT2D eigenvalue weighted by molar-refractivity contribution is 7.90. The van der Waals surface area contributed by atoms with Crippen LogP contribution >= 0.6 is 0 Å². The van der Waals surface area contributed by atoms with Crippen LogP contribution in [0, 0.1) is 0 Å². The van der Waals surface area contributed by atoms with E-state index in [0.29, 0.717) is 26.1 Å². The summed E-state index contributed by atoms with van der Waals surface area (Å²) in [5, 5.41) is 3.30. The zero-order valence-electron chi connectivity index (χ0n) is 13.3. The Morgan fingerprint density at radius 1 is 1.19 bits per heavy atom. The minimum absolute atomic E-state index is 0.544. The second kappa shape index (κ2) is 6.60. The molecule has 0 amide bonds. The Morgan fingerprint density at radius 2 is 1.90 bits per heavy atom. The smallest absolute Gasteiger partial charge is 0.223 e. The number of nitrogens with zero attached hydrogens (tertiary/aromatic N) is 2. The van der Waals surface area contributed by atoms with Crippen molar-refractivity contribution >= 4 is 10.0 Å². The van der Waals surface area contributed by atoms with Crippen molar-refractivity contribution < 1.29 is 8.42 Å². The van der Waals surface area contributed by atoms with E-state index in [4.69, 9.17) is 0 Å².